The van der Waals surface area contributed by atoms with Crippen LogP contribution < -0.4 is 0 Å². The Labute approximate surface area is 55.6 Å². The van der Waals surface area contributed by atoms with Crippen LogP contribution in [0.2, 0.25) is 0 Å². The monoisotopic (exact) mass is 118 g/mol. The number of allylic oxidation sites excluding steroid dienone is 3. The summed E-state index contributed by atoms with van der Waals surface area (Å²) in [7, 11) is 0. The van der Waals surface area contributed by atoms with E-state index in [1.807, 2.05) is 0 Å². The molecule has 3 rings (SSSR count). The largest absolute Gasteiger partial charge is 0.133 e. The molecule has 46 valence electrons. The zero-order valence-corrected chi connectivity index (χ0v) is 5.38. The summed E-state index contributed by atoms with van der Waals surface area (Å²) in [4.78, 5) is 0. The molecule has 3 aliphatic carbocycles. The molecule has 0 amide bonds. The van der Waals surface area contributed by atoms with Gasteiger partial charge in [0, 0.05) is 0 Å². The molecule has 0 N–H and O–H groups in total. The summed E-state index contributed by atoms with van der Waals surface area (Å²) in [5, 5.41) is 0. The van der Waals surface area contributed by atoms with Gasteiger partial charge < -0.3 is 0 Å². The maximum absolute atomic E-state index is 3.57. The fraction of sp³-hybridized carbons (Fsp3) is 0.444. The molecule has 0 aromatic rings. The molecule has 0 heterocycles. The van der Waals surface area contributed by atoms with Crippen molar-refractivity contribution in [3.05, 3.63) is 30.5 Å². The topological polar surface area (TPSA) is 0 Å². The van der Waals surface area contributed by atoms with Crippen molar-refractivity contribution in [2.24, 2.45) is 17.8 Å². The lowest BCUT2D eigenvalue weighted by Gasteiger charge is -2.32. The minimum atomic E-state index is 0.766. The first-order chi connectivity index (χ1) is 4.42. The highest BCUT2D eigenvalue weighted by Crippen LogP contribution is 2.48. The second kappa shape index (κ2) is 1.62. The molecule has 0 radical (unpaired) electrons. The lowest BCUT2D eigenvalue weighted by atomic mass is 9.71. The van der Waals surface area contributed by atoms with E-state index in [1.54, 1.807) is 0 Å². The first-order valence-corrected chi connectivity index (χ1v) is 3.46. The quantitative estimate of drug-likeness (QED) is 0.365. The molecular formula is C9H10. The molecule has 3 aliphatic rings. The van der Waals surface area contributed by atoms with E-state index in [2.05, 4.69) is 30.5 Å². The lowest BCUT2D eigenvalue weighted by Crippen LogP contribution is -2.26. The van der Waals surface area contributed by atoms with Crippen molar-refractivity contribution in [2.45, 2.75) is 6.42 Å². The minimum absolute atomic E-state index is 0.766. The molecule has 2 atom stereocenters. The number of hydrogen-bond acceptors (Lipinski definition) is 0. The van der Waals surface area contributed by atoms with Crippen LogP contribution in [-0.2, 0) is 0 Å². The molecule has 0 aliphatic heterocycles. The Morgan fingerprint density at radius 1 is 1.44 bits per heavy atom. The third kappa shape index (κ3) is 0.541. The van der Waals surface area contributed by atoms with E-state index in [9.17, 15) is 0 Å². The average Bonchev–Trinajstić information content (AvgIpc) is 2.39. The summed E-state index contributed by atoms with van der Waals surface area (Å²) in [6.45, 7) is 3.57. The zero-order valence-electron chi connectivity index (χ0n) is 5.38. The molecule has 0 spiro atoms. The summed E-state index contributed by atoms with van der Waals surface area (Å²) in [6, 6.07) is 0. The van der Waals surface area contributed by atoms with Gasteiger partial charge >= 0.3 is 0 Å². The Bertz CT molecular complexity index is 182. The molecule has 9 heavy (non-hydrogen) atoms. The lowest BCUT2D eigenvalue weighted by molar-refractivity contribution is 0.236. The Kier molecular flexibility index (Phi) is 0.913. The highest BCUT2D eigenvalue weighted by Gasteiger charge is 2.40. The van der Waals surface area contributed by atoms with Crippen LogP contribution in [-0.4, -0.2) is 0 Å². The maximum Gasteiger partial charge on any atom is -0.00314 e. The predicted molar refractivity (Wildman–Crippen MR) is 37.9 cm³/mol. The molecule has 0 saturated heterocycles. The fourth-order valence-corrected chi connectivity index (χ4v) is 1.83. The Morgan fingerprint density at radius 3 is 2.56 bits per heavy atom. The van der Waals surface area contributed by atoms with Gasteiger partial charge in [-0.1, -0.05) is 18.7 Å². The van der Waals surface area contributed by atoms with Crippen LogP contribution in [0, 0.1) is 17.8 Å². The van der Waals surface area contributed by atoms with E-state index >= 15 is 0 Å². The standard InChI is InChI=1S/C9H10/c1-2-3-9-7-4-5-8(9)6-7/h3-5,7-9H,1,6H2. The number of rotatable bonds is 1. The van der Waals surface area contributed by atoms with Crippen LogP contribution in [0.1, 0.15) is 6.42 Å². The Hall–Kier alpha value is -0.740. The van der Waals surface area contributed by atoms with Crippen LogP contribution in [0.25, 0.3) is 0 Å². The summed E-state index contributed by atoms with van der Waals surface area (Å²) in [5.41, 5.74) is 2.86. The van der Waals surface area contributed by atoms with Crippen LogP contribution in [0.3, 0.4) is 0 Å². The molecule has 0 nitrogen and oxygen atoms in total. The molecule has 1 saturated carbocycles. The second-order valence-electron chi connectivity index (χ2n) is 2.90. The normalized spacial score (nSPS) is 43.8. The first-order valence-electron chi connectivity index (χ1n) is 3.46. The molecule has 0 aromatic heterocycles. The van der Waals surface area contributed by atoms with E-state index < -0.39 is 0 Å². The molecule has 0 aromatic carbocycles. The van der Waals surface area contributed by atoms with Gasteiger partial charge in [0.15, 0.2) is 0 Å². The molecular weight excluding hydrogens is 108 g/mol. The van der Waals surface area contributed by atoms with E-state index in [4.69, 9.17) is 0 Å². The van der Waals surface area contributed by atoms with Gasteiger partial charge in [0.25, 0.3) is 0 Å². The second-order valence-corrected chi connectivity index (χ2v) is 2.90. The van der Waals surface area contributed by atoms with Gasteiger partial charge in [0.2, 0.25) is 0 Å². The van der Waals surface area contributed by atoms with Gasteiger partial charge in [-0.3, -0.25) is 0 Å². The van der Waals surface area contributed by atoms with Crippen LogP contribution in [0.4, 0.5) is 0 Å². The maximum atomic E-state index is 3.57. The predicted octanol–water partition coefficient (Wildman–Crippen LogP) is 2.15. The van der Waals surface area contributed by atoms with Crippen LogP contribution >= 0.6 is 0 Å². The summed E-state index contributed by atoms with van der Waals surface area (Å²) >= 11 is 0. The van der Waals surface area contributed by atoms with Crippen molar-refractivity contribution >= 4 is 0 Å². The van der Waals surface area contributed by atoms with Crippen molar-refractivity contribution in [3.63, 3.8) is 0 Å². The first kappa shape index (κ1) is 5.08. The highest BCUT2D eigenvalue weighted by atomic mass is 14.4. The average molecular weight is 118 g/mol. The van der Waals surface area contributed by atoms with E-state index in [-0.39, 0.29) is 0 Å². The zero-order chi connectivity index (χ0) is 6.27. The van der Waals surface area contributed by atoms with Crippen LogP contribution in [0.5, 0.6) is 0 Å². The van der Waals surface area contributed by atoms with Gasteiger partial charge in [0.1, 0.15) is 0 Å². The smallest absolute Gasteiger partial charge is 0.00314 e. The third-order valence-electron chi connectivity index (χ3n) is 2.45. The van der Waals surface area contributed by atoms with Gasteiger partial charge in [0.05, 0.1) is 0 Å². The highest BCUT2D eigenvalue weighted by molar-refractivity contribution is 5.20. The van der Waals surface area contributed by atoms with Crippen LogP contribution in [0.15, 0.2) is 30.5 Å². The Balaban J connectivity index is 2.14. The Morgan fingerprint density at radius 2 is 2.11 bits per heavy atom. The summed E-state index contributed by atoms with van der Waals surface area (Å²) in [6.07, 6.45) is 8.13. The third-order valence-corrected chi connectivity index (χ3v) is 2.45. The summed E-state index contributed by atoms with van der Waals surface area (Å²) in [5.74, 6) is 2.44. The molecule has 2 unspecified atom stereocenters. The molecule has 2 bridgehead atoms. The van der Waals surface area contributed by atoms with Gasteiger partial charge in [-0.05, 0) is 30.3 Å². The van der Waals surface area contributed by atoms with Crippen molar-refractivity contribution in [1.29, 1.82) is 0 Å². The van der Waals surface area contributed by atoms with Gasteiger partial charge in [-0.2, -0.15) is 0 Å². The van der Waals surface area contributed by atoms with Crippen molar-refractivity contribution in [1.82, 2.24) is 0 Å². The molecule has 1 fully saturated rings. The van der Waals surface area contributed by atoms with Gasteiger partial charge in [-0.25, -0.2) is 0 Å². The van der Waals surface area contributed by atoms with E-state index in [0.717, 1.165) is 17.8 Å². The number of hydrogen-bond donors (Lipinski definition) is 0. The summed E-state index contributed by atoms with van der Waals surface area (Å²) < 4.78 is 0. The SMILES string of the molecule is C=C=CC1C2C=CC1C2. The minimum Gasteiger partial charge on any atom is -0.133 e. The fourth-order valence-electron chi connectivity index (χ4n) is 1.83. The molecule has 0 heteroatoms. The van der Waals surface area contributed by atoms with E-state index in [1.165, 1.54) is 6.42 Å². The van der Waals surface area contributed by atoms with Gasteiger partial charge in [-0.15, -0.1) is 5.73 Å². The van der Waals surface area contributed by atoms with Crippen molar-refractivity contribution in [3.8, 4) is 0 Å². The van der Waals surface area contributed by atoms with E-state index in [0.29, 0.717) is 0 Å². The van der Waals surface area contributed by atoms with Crippen molar-refractivity contribution < 1.29 is 0 Å². The van der Waals surface area contributed by atoms with Crippen molar-refractivity contribution in [2.75, 3.05) is 0 Å².